The molecule has 6 nitrogen and oxygen atoms in total. The first-order chi connectivity index (χ1) is 10.6. The molecule has 1 amide bonds. The third-order valence-corrected chi connectivity index (χ3v) is 4.78. The summed E-state index contributed by atoms with van der Waals surface area (Å²) in [5.74, 6) is 1.17. The number of hydrogen-bond donors (Lipinski definition) is 1. The van der Waals surface area contributed by atoms with Crippen molar-refractivity contribution in [2.45, 2.75) is 56.0 Å². The highest BCUT2D eigenvalue weighted by Crippen LogP contribution is 2.28. The van der Waals surface area contributed by atoms with E-state index in [-0.39, 0.29) is 11.2 Å². The number of thioether (sulfide) groups is 1. The largest absolute Gasteiger partial charge is 0.469 e. The summed E-state index contributed by atoms with van der Waals surface area (Å²) in [4.78, 5) is 12.2. The van der Waals surface area contributed by atoms with Crippen LogP contribution in [-0.4, -0.2) is 27.4 Å². The van der Waals surface area contributed by atoms with Gasteiger partial charge < -0.3 is 14.2 Å². The zero-order valence-electron chi connectivity index (χ0n) is 12.7. The summed E-state index contributed by atoms with van der Waals surface area (Å²) in [7, 11) is 0. The second-order valence-corrected chi connectivity index (χ2v) is 6.81. The molecule has 2 aromatic heterocycles. The molecule has 0 saturated heterocycles. The van der Waals surface area contributed by atoms with Crippen molar-refractivity contribution in [2.75, 3.05) is 0 Å². The molecular weight excluding hydrogens is 302 g/mol. The van der Waals surface area contributed by atoms with E-state index in [9.17, 15) is 4.79 Å². The Labute approximate surface area is 133 Å². The van der Waals surface area contributed by atoms with Crippen LogP contribution < -0.4 is 5.32 Å². The molecule has 0 aliphatic heterocycles. The summed E-state index contributed by atoms with van der Waals surface area (Å²) in [6.45, 7) is 3.69. The monoisotopic (exact) mass is 321 g/mol. The summed E-state index contributed by atoms with van der Waals surface area (Å²) < 4.78 is 10.8. The van der Waals surface area contributed by atoms with E-state index in [2.05, 4.69) is 15.5 Å². The van der Waals surface area contributed by atoms with Crippen molar-refractivity contribution in [3.05, 3.63) is 18.1 Å². The minimum atomic E-state index is -0.264. The summed E-state index contributed by atoms with van der Waals surface area (Å²) in [5.41, 5.74) is 0.780. The first-order valence-electron chi connectivity index (χ1n) is 7.48. The fourth-order valence-corrected chi connectivity index (χ4v) is 3.26. The Morgan fingerprint density at radius 2 is 2.18 bits per heavy atom. The Kier molecular flexibility index (Phi) is 4.52. The molecule has 22 heavy (non-hydrogen) atoms. The third kappa shape index (κ3) is 3.35. The molecule has 1 aliphatic rings. The van der Waals surface area contributed by atoms with Gasteiger partial charge in [0.2, 0.25) is 5.91 Å². The second-order valence-electron chi connectivity index (χ2n) is 5.51. The lowest BCUT2D eigenvalue weighted by molar-refractivity contribution is -0.120. The number of aryl methyl sites for hydroxylation is 1. The van der Waals surface area contributed by atoms with Gasteiger partial charge in [-0.25, -0.2) is 0 Å². The SMILES string of the molecule is Cc1occc1-c1nnc(S[C@H](C)C(=O)NC2CCCC2)o1. The first-order valence-corrected chi connectivity index (χ1v) is 8.36. The van der Waals surface area contributed by atoms with Crippen LogP contribution in [0.5, 0.6) is 0 Å². The Morgan fingerprint density at radius 3 is 2.86 bits per heavy atom. The van der Waals surface area contributed by atoms with Gasteiger partial charge >= 0.3 is 0 Å². The van der Waals surface area contributed by atoms with Crippen LogP contribution in [0.15, 0.2) is 26.4 Å². The van der Waals surface area contributed by atoms with Crippen LogP contribution in [0, 0.1) is 6.92 Å². The number of furan rings is 1. The van der Waals surface area contributed by atoms with E-state index in [1.807, 2.05) is 13.8 Å². The minimum absolute atomic E-state index is 0.0242. The highest BCUT2D eigenvalue weighted by Gasteiger charge is 2.23. The molecule has 0 radical (unpaired) electrons. The van der Waals surface area contributed by atoms with Crippen LogP contribution in [0.2, 0.25) is 0 Å². The maximum Gasteiger partial charge on any atom is 0.277 e. The van der Waals surface area contributed by atoms with Gasteiger partial charge in [-0.05, 0) is 32.8 Å². The van der Waals surface area contributed by atoms with E-state index >= 15 is 0 Å². The van der Waals surface area contributed by atoms with Gasteiger partial charge in [0.15, 0.2) is 0 Å². The van der Waals surface area contributed by atoms with Crippen molar-refractivity contribution >= 4 is 17.7 Å². The van der Waals surface area contributed by atoms with Crippen molar-refractivity contribution in [3.63, 3.8) is 0 Å². The number of rotatable bonds is 5. The molecule has 1 saturated carbocycles. The molecule has 2 aromatic rings. The van der Waals surface area contributed by atoms with Crippen molar-refractivity contribution < 1.29 is 13.6 Å². The molecule has 0 bridgehead atoms. The predicted molar refractivity (Wildman–Crippen MR) is 82.5 cm³/mol. The highest BCUT2D eigenvalue weighted by atomic mass is 32.2. The number of hydrogen-bond acceptors (Lipinski definition) is 6. The lowest BCUT2D eigenvalue weighted by atomic mass is 10.2. The van der Waals surface area contributed by atoms with Crippen molar-refractivity contribution in [3.8, 4) is 11.5 Å². The van der Waals surface area contributed by atoms with E-state index in [1.54, 1.807) is 12.3 Å². The Hall–Kier alpha value is -1.76. The van der Waals surface area contributed by atoms with Crippen LogP contribution in [0.25, 0.3) is 11.5 Å². The molecule has 2 heterocycles. The maximum atomic E-state index is 12.2. The second kappa shape index (κ2) is 6.56. The van der Waals surface area contributed by atoms with Gasteiger partial charge in [-0.2, -0.15) is 0 Å². The number of carbonyl (C=O) groups is 1. The van der Waals surface area contributed by atoms with Gasteiger partial charge in [0.05, 0.1) is 17.1 Å². The van der Waals surface area contributed by atoms with Crippen LogP contribution in [0.4, 0.5) is 0 Å². The van der Waals surface area contributed by atoms with Gasteiger partial charge in [0, 0.05) is 6.04 Å². The number of amides is 1. The quantitative estimate of drug-likeness (QED) is 0.852. The molecule has 0 spiro atoms. The Morgan fingerprint density at radius 1 is 1.41 bits per heavy atom. The van der Waals surface area contributed by atoms with Gasteiger partial charge in [0.25, 0.3) is 11.1 Å². The van der Waals surface area contributed by atoms with Crippen molar-refractivity contribution in [1.29, 1.82) is 0 Å². The molecule has 0 unspecified atom stereocenters. The predicted octanol–water partition coefficient (Wildman–Crippen LogP) is 3.18. The number of aromatic nitrogens is 2. The molecule has 1 atom stereocenters. The molecule has 118 valence electrons. The first kappa shape index (κ1) is 15.1. The zero-order chi connectivity index (χ0) is 15.5. The van der Waals surface area contributed by atoms with E-state index in [0.717, 1.165) is 24.2 Å². The Balaban J connectivity index is 1.59. The standard InChI is InChI=1S/C15H19N3O3S/c1-9-12(7-8-20-9)14-17-18-15(21-14)22-10(2)13(19)16-11-5-3-4-6-11/h7-8,10-11H,3-6H2,1-2H3,(H,16,19)/t10-/m1/s1. The molecule has 1 fully saturated rings. The van der Waals surface area contributed by atoms with Crippen molar-refractivity contribution in [1.82, 2.24) is 15.5 Å². The van der Waals surface area contributed by atoms with Gasteiger partial charge in [-0.1, -0.05) is 24.6 Å². The molecular formula is C15H19N3O3S. The summed E-state index contributed by atoms with van der Waals surface area (Å²) in [5, 5.41) is 11.2. The van der Waals surface area contributed by atoms with Crippen molar-refractivity contribution in [2.24, 2.45) is 0 Å². The fraction of sp³-hybridized carbons (Fsp3) is 0.533. The van der Waals surface area contributed by atoms with Crippen LogP contribution in [-0.2, 0) is 4.79 Å². The summed E-state index contributed by atoms with van der Waals surface area (Å²) in [6, 6.07) is 2.11. The van der Waals surface area contributed by atoms with Crippen LogP contribution in [0.3, 0.4) is 0 Å². The average Bonchev–Trinajstić information content (AvgIpc) is 3.20. The molecule has 1 N–H and O–H groups in total. The summed E-state index contributed by atoms with van der Waals surface area (Å²) in [6.07, 6.45) is 6.13. The molecule has 1 aliphatic carbocycles. The van der Waals surface area contributed by atoms with E-state index in [1.165, 1.54) is 24.6 Å². The van der Waals surface area contributed by atoms with Crippen LogP contribution in [0.1, 0.15) is 38.4 Å². The van der Waals surface area contributed by atoms with Crippen LogP contribution >= 0.6 is 11.8 Å². The highest BCUT2D eigenvalue weighted by molar-refractivity contribution is 8.00. The topological polar surface area (TPSA) is 81.2 Å². The summed E-state index contributed by atoms with van der Waals surface area (Å²) >= 11 is 1.28. The smallest absolute Gasteiger partial charge is 0.277 e. The number of carbonyl (C=O) groups excluding carboxylic acids is 1. The average molecular weight is 321 g/mol. The van der Waals surface area contributed by atoms with E-state index in [0.29, 0.717) is 17.2 Å². The number of nitrogens with zero attached hydrogens (tertiary/aromatic N) is 2. The minimum Gasteiger partial charge on any atom is -0.469 e. The van der Waals surface area contributed by atoms with E-state index in [4.69, 9.17) is 8.83 Å². The zero-order valence-corrected chi connectivity index (χ0v) is 13.5. The van der Waals surface area contributed by atoms with Gasteiger partial charge in [-0.3, -0.25) is 4.79 Å². The lowest BCUT2D eigenvalue weighted by Crippen LogP contribution is -2.37. The molecule has 3 rings (SSSR count). The third-order valence-electron chi connectivity index (χ3n) is 3.84. The number of nitrogens with one attached hydrogen (secondary N) is 1. The fourth-order valence-electron chi connectivity index (χ4n) is 2.57. The van der Waals surface area contributed by atoms with E-state index < -0.39 is 0 Å². The molecule has 7 heteroatoms. The van der Waals surface area contributed by atoms with Gasteiger partial charge in [0.1, 0.15) is 5.76 Å². The molecule has 0 aromatic carbocycles. The maximum absolute atomic E-state index is 12.2. The Bertz CT molecular complexity index is 646. The normalized spacial score (nSPS) is 16.8. The van der Waals surface area contributed by atoms with Gasteiger partial charge in [-0.15, -0.1) is 10.2 Å². The lowest BCUT2D eigenvalue weighted by Gasteiger charge is -2.14.